The highest BCUT2D eigenvalue weighted by Crippen LogP contribution is 2.22. The van der Waals surface area contributed by atoms with Crippen LogP contribution in [-0.4, -0.2) is 48.4 Å². The van der Waals surface area contributed by atoms with Gasteiger partial charge >= 0.3 is 0 Å². The predicted molar refractivity (Wildman–Crippen MR) is 71.0 cm³/mol. The molecule has 1 saturated heterocycles. The van der Waals surface area contributed by atoms with Crippen molar-refractivity contribution in [3.63, 3.8) is 0 Å². The number of hydrogen-bond donors (Lipinski definition) is 0. The summed E-state index contributed by atoms with van der Waals surface area (Å²) in [6, 6.07) is 3.48. The zero-order valence-electron chi connectivity index (χ0n) is 10.9. The lowest BCUT2D eigenvalue weighted by atomic mass is 10.3. The quantitative estimate of drug-likeness (QED) is 0.791. The van der Waals surface area contributed by atoms with Crippen molar-refractivity contribution in [2.75, 3.05) is 32.7 Å². The van der Waals surface area contributed by atoms with E-state index in [0.717, 1.165) is 32.7 Å². The normalized spacial score (nSPS) is 18.9. The molecular formula is C13H19ClN2O2. The van der Waals surface area contributed by atoms with Crippen molar-refractivity contribution in [3.8, 4) is 0 Å². The van der Waals surface area contributed by atoms with E-state index < -0.39 is 0 Å². The topological polar surface area (TPSA) is 36.7 Å². The van der Waals surface area contributed by atoms with Crippen LogP contribution in [0, 0.1) is 0 Å². The molecule has 100 valence electrons. The lowest BCUT2D eigenvalue weighted by Gasteiger charge is -2.33. The Morgan fingerprint density at radius 1 is 1.39 bits per heavy atom. The van der Waals surface area contributed by atoms with Gasteiger partial charge in [0.25, 0.3) is 5.91 Å². The van der Waals surface area contributed by atoms with Gasteiger partial charge in [-0.25, -0.2) is 0 Å². The first kappa shape index (κ1) is 13.4. The van der Waals surface area contributed by atoms with Crippen LogP contribution in [0.4, 0.5) is 0 Å². The second kappa shape index (κ2) is 5.76. The summed E-state index contributed by atoms with van der Waals surface area (Å²) in [5, 5.41) is -0.205. The maximum absolute atomic E-state index is 12.2. The summed E-state index contributed by atoms with van der Waals surface area (Å²) in [5.41, 5.74) is 0. The summed E-state index contributed by atoms with van der Waals surface area (Å²) in [7, 11) is 0. The van der Waals surface area contributed by atoms with Crippen molar-refractivity contribution in [1.82, 2.24) is 9.80 Å². The number of halogens is 1. The van der Waals surface area contributed by atoms with E-state index >= 15 is 0 Å². The molecule has 1 fully saturated rings. The monoisotopic (exact) mass is 270 g/mol. The number of rotatable bonds is 3. The average molecular weight is 271 g/mol. The molecular weight excluding hydrogens is 252 g/mol. The molecule has 1 aromatic rings. The molecule has 0 bridgehead atoms. The number of carbonyl (C=O) groups excluding carboxylic acids is 1. The molecule has 1 unspecified atom stereocenters. The van der Waals surface area contributed by atoms with Crippen molar-refractivity contribution in [2.24, 2.45) is 0 Å². The lowest BCUT2D eigenvalue weighted by molar-refractivity contribution is 0.0610. The van der Waals surface area contributed by atoms with Crippen LogP contribution in [0.15, 0.2) is 16.5 Å². The molecule has 1 amide bonds. The maximum Gasteiger partial charge on any atom is 0.289 e. The van der Waals surface area contributed by atoms with Crippen molar-refractivity contribution >= 4 is 17.5 Å². The molecule has 0 aliphatic carbocycles. The van der Waals surface area contributed by atoms with Crippen LogP contribution in [-0.2, 0) is 0 Å². The van der Waals surface area contributed by atoms with Gasteiger partial charge < -0.3 is 14.2 Å². The summed E-state index contributed by atoms with van der Waals surface area (Å²) in [6.45, 7) is 8.39. The molecule has 0 N–H and O–H groups in total. The van der Waals surface area contributed by atoms with Crippen molar-refractivity contribution < 1.29 is 9.21 Å². The molecule has 0 aromatic carbocycles. The van der Waals surface area contributed by atoms with E-state index in [-0.39, 0.29) is 11.3 Å². The van der Waals surface area contributed by atoms with Crippen LogP contribution in [0.2, 0.25) is 0 Å². The molecule has 4 nitrogen and oxygen atoms in total. The number of hydrogen-bond acceptors (Lipinski definition) is 3. The molecule has 1 atom stereocenters. The van der Waals surface area contributed by atoms with Gasteiger partial charge in [-0.2, -0.15) is 0 Å². The fourth-order valence-corrected chi connectivity index (χ4v) is 2.22. The van der Waals surface area contributed by atoms with Gasteiger partial charge in [-0.1, -0.05) is 6.92 Å². The Bertz CT molecular complexity index is 409. The molecule has 5 heteroatoms. The standard InChI is InChI=1S/C13H19ClN2O2/c1-3-15-6-8-16(9-7-15)13(17)12-5-4-11(18-12)10(2)14/h4-5,10H,3,6-9H2,1-2H3. The second-order valence-corrected chi connectivity index (χ2v) is 5.20. The number of carbonyl (C=O) groups is 1. The molecule has 2 rings (SSSR count). The Morgan fingerprint density at radius 3 is 2.56 bits per heavy atom. The first-order chi connectivity index (χ1) is 8.61. The van der Waals surface area contributed by atoms with Gasteiger partial charge in [-0.3, -0.25) is 4.79 Å². The first-order valence-corrected chi connectivity index (χ1v) is 6.81. The number of nitrogens with zero attached hydrogens (tertiary/aromatic N) is 2. The van der Waals surface area contributed by atoms with E-state index in [1.54, 1.807) is 12.1 Å². The van der Waals surface area contributed by atoms with Gasteiger partial charge in [0.15, 0.2) is 5.76 Å². The fraction of sp³-hybridized carbons (Fsp3) is 0.615. The fourth-order valence-electron chi connectivity index (χ4n) is 2.10. The highest BCUT2D eigenvalue weighted by molar-refractivity contribution is 6.20. The van der Waals surface area contributed by atoms with Gasteiger partial charge in [0.2, 0.25) is 0 Å². The molecule has 2 heterocycles. The van der Waals surface area contributed by atoms with Gasteiger partial charge in [-0.05, 0) is 25.6 Å². The highest BCUT2D eigenvalue weighted by atomic mass is 35.5. The average Bonchev–Trinajstić information content (AvgIpc) is 2.88. The zero-order chi connectivity index (χ0) is 13.1. The molecule has 1 aliphatic heterocycles. The smallest absolute Gasteiger partial charge is 0.289 e. The number of alkyl halides is 1. The Labute approximate surface area is 112 Å². The van der Waals surface area contributed by atoms with Crippen LogP contribution in [0.5, 0.6) is 0 Å². The third-order valence-electron chi connectivity index (χ3n) is 3.34. The Kier molecular flexibility index (Phi) is 4.30. The number of amides is 1. The Hall–Kier alpha value is -1.00. The van der Waals surface area contributed by atoms with Crippen LogP contribution in [0.3, 0.4) is 0 Å². The summed E-state index contributed by atoms with van der Waals surface area (Å²) in [5.74, 6) is 1.00. The number of piperazine rings is 1. The van der Waals surface area contributed by atoms with Crippen LogP contribution in [0.25, 0.3) is 0 Å². The zero-order valence-corrected chi connectivity index (χ0v) is 11.6. The van der Waals surface area contributed by atoms with E-state index in [9.17, 15) is 4.79 Å². The second-order valence-electron chi connectivity index (χ2n) is 4.54. The van der Waals surface area contributed by atoms with E-state index in [4.69, 9.17) is 16.0 Å². The molecule has 18 heavy (non-hydrogen) atoms. The largest absolute Gasteiger partial charge is 0.454 e. The summed E-state index contributed by atoms with van der Waals surface area (Å²) >= 11 is 5.92. The summed E-state index contributed by atoms with van der Waals surface area (Å²) < 4.78 is 5.48. The van der Waals surface area contributed by atoms with E-state index in [1.165, 1.54) is 0 Å². The van der Waals surface area contributed by atoms with Crippen molar-refractivity contribution in [3.05, 3.63) is 23.7 Å². The van der Waals surface area contributed by atoms with Crippen LogP contribution < -0.4 is 0 Å². The highest BCUT2D eigenvalue weighted by Gasteiger charge is 2.23. The minimum absolute atomic E-state index is 0.0330. The number of likely N-dealkylation sites (N-methyl/N-ethyl adjacent to an activating group) is 1. The minimum atomic E-state index is -0.205. The van der Waals surface area contributed by atoms with E-state index in [1.807, 2.05) is 11.8 Å². The van der Waals surface area contributed by atoms with Crippen molar-refractivity contribution in [1.29, 1.82) is 0 Å². The number of furan rings is 1. The third-order valence-corrected chi connectivity index (χ3v) is 3.55. The first-order valence-electron chi connectivity index (χ1n) is 6.37. The lowest BCUT2D eigenvalue weighted by Crippen LogP contribution is -2.48. The molecule has 1 aliphatic rings. The molecule has 0 radical (unpaired) electrons. The van der Waals surface area contributed by atoms with Gasteiger partial charge in [0.05, 0.1) is 5.38 Å². The third kappa shape index (κ3) is 2.87. The van der Waals surface area contributed by atoms with Gasteiger partial charge in [0, 0.05) is 26.2 Å². The molecule has 0 saturated carbocycles. The maximum atomic E-state index is 12.2. The Balaban J connectivity index is 1.98. The summed E-state index contributed by atoms with van der Waals surface area (Å²) in [4.78, 5) is 16.4. The Morgan fingerprint density at radius 2 is 2.06 bits per heavy atom. The van der Waals surface area contributed by atoms with Crippen LogP contribution >= 0.6 is 11.6 Å². The van der Waals surface area contributed by atoms with E-state index in [0.29, 0.717) is 11.5 Å². The molecule has 0 spiro atoms. The summed E-state index contributed by atoms with van der Waals surface area (Å²) in [6.07, 6.45) is 0. The van der Waals surface area contributed by atoms with E-state index in [2.05, 4.69) is 11.8 Å². The van der Waals surface area contributed by atoms with Crippen molar-refractivity contribution in [2.45, 2.75) is 19.2 Å². The minimum Gasteiger partial charge on any atom is -0.454 e. The SMILES string of the molecule is CCN1CCN(C(=O)c2ccc(C(C)Cl)o2)CC1. The van der Waals surface area contributed by atoms with Gasteiger partial charge in [0.1, 0.15) is 5.76 Å². The molecule has 1 aromatic heterocycles. The van der Waals surface area contributed by atoms with Gasteiger partial charge in [-0.15, -0.1) is 11.6 Å². The van der Waals surface area contributed by atoms with Crippen LogP contribution in [0.1, 0.15) is 35.5 Å². The predicted octanol–water partition coefficient (Wildman–Crippen LogP) is 2.36.